The van der Waals surface area contributed by atoms with Crippen LogP contribution in [0, 0.1) is 5.92 Å². The molecule has 0 amide bonds. The average Bonchev–Trinajstić information content (AvgIpc) is 2.18. The largest absolute Gasteiger partial charge is 0.508 e. The van der Waals surface area contributed by atoms with Crippen molar-refractivity contribution in [2.75, 3.05) is 6.54 Å². The van der Waals surface area contributed by atoms with Gasteiger partial charge in [0.05, 0.1) is 0 Å². The number of hydrogen-bond donors (Lipinski definition) is 2. The number of fused-ring (bicyclic) bond motifs is 2. The topological polar surface area (TPSA) is 32.3 Å². The minimum absolute atomic E-state index is 0.247. The Morgan fingerprint density at radius 1 is 1.21 bits per heavy atom. The Kier molecular flexibility index (Phi) is 1.62. The van der Waals surface area contributed by atoms with E-state index in [9.17, 15) is 5.11 Å². The van der Waals surface area contributed by atoms with Crippen molar-refractivity contribution in [2.24, 2.45) is 5.92 Å². The van der Waals surface area contributed by atoms with E-state index < -0.39 is 0 Å². The summed E-state index contributed by atoms with van der Waals surface area (Å²) in [6.45, 7) is 1.14. The van der Waals surface area contributed by atoms with Crippen LogP contribution >= 0.6 is 0 Å². The number of nitrogens with one attached hydrogen (secondary N) is 1. The van der Waals surface area contributed by atoms with E-state index >= 15 is 0 Å². The van der Waals surface area contributed by atoms with Gasteiger partial charge in [0.25, 0.3) is 0 Å². The van der Waals surface area contributed by atoms with Crippen LogP contribution in [0.1, 0.15) is 24.8 Å². The number of phenols is 1. The lowest BCUT2D eigenvalue weighted by Gasteiger charge is -2.53. The van der Waals surface area contributed by atoms with Crippen LogP contribution in [0.2, 0.25) is 0 Å². The van der Waals surface area contributed by atoms with Crippen LogP contribution in [0.15, 0.2) is 24.3 Å². The Labute approximate surface area is 84.0 Å². The van der Waals surface area contributed by atoms with Crippen molar-refractivity contribution in [3.8, 4) is 5.75 Å². The van der Waals surface area contributed by atoms with E-state index in [1.165, 1.54) is 24.8 Å². The molecule has 0 spiro atoms. The lowest BCUT2D eigenvalue weighted by atomic mass is 9.61. The summed E-state index contributed by atoms with van der Waals surface area (Å²) < 4.78 is 0. The van der Waals surface area contributed by atoms with Crippen molar-refractivity contribution in [1.29, 1.82) is 0 Å². The summed E-state index contributed by atoms with van der Waals surface area (Å²) >= 11 is 0. The number of piperidine rings is 2. The van der Waals surface area contributed by atoms with Gasteiger partial charge in [-0.1, -0.05) is 12.1 Å². The molecule has 2 nitrogen and oxygen atoms in total. The summed E-state index contributed by atoms with van der Waals surface area (Å²) in [7, 11) is 0. The van der Waals surface area contributed by atoms with E-state index in [-0.39, 0.29) is 5.54 Å². The highest BCUT2D eigenvalue weighted by Gasteiger charge is 2.47. The molecular formula is C12H15NO. The van der Waals surface area contributed by atoms with Gasteiger partial charge in [-0.25, -0.2) is 0 Å². The first-order valence-electron chi connectivity index (χ1n) is 5.33. The monoisotopic (exact) mass is 189 g/mol. The van der Waals surface area contributed by atoms with Crippen molar-refractivity contribution in [1.82, 2.24) is 5.32 Å². The zero-order valence-electron chi connectivity index (χ0n) is 8.16. The highest BCUT2D eigenvalue weighted by atomic mass is 16.3. The van der Waals surface area contributed by atoms with Crippen molar-refractivity contribution in [2.45, 2.75) is 24.8 Å². The van der Waals surface area contributed by atoms with Gasteiger partial charge in [0.2, 0.25) is 0 Å². The highest BCUT2D eigenvalue weighted by molar-refractivity contribution is 5.33. The fourth-order valence-electron chi connectivity index (χ4n) is 2.91. The zero-order chi connectivity index (χ0) is 9.60. The molecule has 2 heteroatoms. The molecule has 0 radical (unpaired) electrons. The molecule has 1 aromatic carbocycles. The Morgan fingerprint density at radius 2 is 1.93 bits per heavy atom. The Balaban J connectivity index is 1.91. The smallest absolute Gasteiger partial charge is 0.115 e. The molecule has 1 aliphatic carbocycles. The second-order valence-corrected chi connectivity index (χ2v) is 4.62. The molecule has 1 saturated carbocycles. The van der Waals surface area contributed by atoms with Crippen LogP contribution in [0.4, 0.5) is 0 Å². The average molecular weight is 189 g/mol. The van der Waals surface area contributed by atoms with Gasteiger partial charge in [0.1, 0.15) is 5.75 Å². The molecule has 1 aromatic rings. The molecule has 0 unspecified atom stereocenters. The predicted octanol–water partition coefficient (Wildman–Crippen LogP) is 1.99. The quantitative estimate of drug-likeness (QED) is 0.708. The van der Waals surface area contributed by atoms with Gasteiger partial charge in [-0.3, -0.25) is 0 Å². The van der Waals surface area contributed by atoms with E-state index in [4.69, 9.17) is 0 Å². The van der Waals surface area contributed by atoms with E-state index in [1.54, 1.807) is 12.1 Å². The first kappa shape index (κ1) is 8.30. The van der Waals surface area contributed by atoms with Crippen LogP contribution in [0.3, 0.4) is 0 Å². The molecule has 2 aliphatic heterocycles. The zero-order valence-corrected chi connectivity index (χ0v) is 8.16. The van der Waals surface area contributed by atoms with Crippen LogP contribution in [-0.2, 0) is 5.54 Å². The fourth-order valence-corrected chi connectivity index (χ4v) is 2.91. The third-order valence-corrected chi connectivity index (χ3v) is 3.71. The molecule has 2 saturated heterocycles. The lowest BCUT2D eigenvalue weighted by Crippen LogP contribution is -2.57. The van der Waals surface area contributed by atoms with Gasteiger partial charge in [0, 0.05) is 5.54 Å². The predicted molar refractivity (Wildman–Crippen MR) is 55.1 cm³/mol. The molecule has 14 heavy (non-hydrogen) atoms. The van der Waals surface area contributed by atoms with Crippen LogP contribution in [0.25, 0.3) is 0 Å². The molecule has 0 aromatic heterocycles. The van der Waals surface area contributed by atoms with Gasteiger partial charge in [-0.15, -0.1) is 0 Å². The van der Waals surface area contributed by atoms with Crippen molar-refractivity contribution < 1.29 is 5.11 Å². The summed E-state index contributed by atoms with van der Waals surface area (Å²) in [4.78, 5) is 0. The molecule has 2 heterocycles. The molecule has 4 rings (SSSR count). The molecular weight excluding hydrogens is 174 g/mol. The van der Waals surface area contributed by atoms with E-state index in [0.29, 0.717) is 5.75 Å². The van der Waals surface area contributed by atoms with E-state index in [1.807, 2.05) is 12.1 Å². The van der Waals surface area contributed by atoms with Gasteiger partial charge in [0.15, 0.2) is 0 Å². The number of aromatic hydroxyl groups is 1. The summed E-state index contributed by atoms with van der Waals surface area (Å²) in [6, 6.07) is 7.66. The number of hydrogen-bond acceptors (Lipinski definition) is 2. The highest BCUT2D eigenvalue weighted by Crippen LogP contribution is 2.49. The fraction of sp³-hybridized carbons (Fsp3) is 0.500. The Morgan fingerprint density at radius 3 is 2.50 bits per heavy atom. The lowest BCUT2D eigenvalue weighted by molar-refractivity contribution is 0.0502. The van der Waals surface area contributed by atoms with Crippen molar-refractivity contribution in [3.05, 3.63) is 29.8 Å². The molecule has 0 atom stereocenters. The van der Waals surface area contributed by atoms with Crippen LogP contribution in [0.5, 0.6) is 5.75 Å². The minimum atomic E-state index is 0.247. The summed E-state index contributed by atoms with van der Waals surface area (Å²) in [6.07, 6.45) is 3.88. The molecule has 2 N–H and O–H groups in total. The second-order valence-electron chi connectivity index (χ2n) is 4.62. The number of rotatable bonds is 1. The SMILES string of the molecule is Oc1ccc(C23CC(CCN2)C3)cc1. The maximum Gasteiger partial charge on any atom is 0.115 e. The van der Waals surface area contributed by atoms with E-state index in [0.717, 1.165) is 12.5 Å². The van der Waals surface area contributed by atoms with Gasteiger partial charge >= 0.3 is 0 Å². The summed E-state index contributed by atoms with van der Waals surface area (Å²) in [5.74, 6) is 1.29. The Hall–Kier alpha value is -1.02. The minimum Gasteiger partial charge on any atom is -0.508 e. The number of phenolic OH excluding ortho intramolecular Hbond substituents is 1. The van der Waals surface area contributed by atoms with Crippen molar-refractivity contribution >= 4 is 0 Å². The van der Waals surface area contributed by atoms with E-state index in [2.05, 4.69) is 5.32 Å². The standard InChI is InChI=1S/C12H15NO/c14-11-3-1-10(2-4-11)12-7-9(8-12)5-6-13-12/h1-4,9,13-14H,5-8H2. The maximum atomic E-state index is 9.23. The van der Waals surface area contributed by atoms with Gasteiger partial charge in [-0.05, 0) is 49.4 Å². The van der Waals surface area contributed by atoms with Crippen molar-refractivity contribution in [3.63, 3.8) is 0 Å². The summed E-state index contributed by atoms with van der Waals surface area (Å²) in [5.41, 5.74) is 1.59. The third-order valence-electron chi connectivity index (χ3n) is 3.71. The first-order valence-corrected chi connectivity index (χ1v) is 5.33. The molecule has 3 fully saturated rings. The molecule has 74 valence electrons. The first-order chi connectivity index (χ1) is 6.78. The summed E-state index contributed by atoms with van der Waals surface area (Å²) in [5, 5.41) is 12.8. The van der Waals surface area contributed by atoms with Crippen LogP contribution < -0.4 is 5.32 Å². The van der Waals surface area contributed by atoms with Crippen LogP contribution in [-0.4, -0.2) is 11.7 Å². The third kappa shape index (κ3) is 1.07. The number of benzene rings is 1. The van der Waals surface area contributed by atoms with Gasteiger partial charge < -0.3 is 10.4 Å². The molecule has 3 aliphatic rings. The normalized spacial score (nSPS) is 35.0. The maximum absolute atomic E-state index is 9.23. The Bertz CT molecular complexity index is 332. The second kappa shape index (κ2) is 2.74. The van der Waals surface area contributed by atoms with Gasteiger partial charge in [-0.2, -0.15) is 0 Å². The molecule has 2 bridgehead atoms.